The quantitative estimate of drug-likeness (QED) is 0.878. The molecular weight excluding hydrogens is 288 g/mol. The molecule has 0 amide bonds. The molecule has 0 aromatic carbocycles. The van der Waals surface area contributed by atoms with Crippen LogP contribution in [0.15, 0.2) is 4.90 Å². The number of aromatic amines is 1. The molecule has 2 fully saturated rings. The van der Waals surface area contributed by atoms with Gasteiger partial charge in [-0.1, -0.05) is 0 Å². The summed E-state index contributed by atoms with van der Waals surface area (Å²) in [4.78, 5) is 0.373. The Bertz CT molecular complexity index is 585. The highest BCUT2D eigenvalue weighted by Gasteiger charge is 2.41. The lowest BCUT2D eigenvalue weighted by molar-refractivity contribution is 0.239. The number of nitrogens with one attached hydrogen (secondary N) is 2. The minimum absolute atomic E-state index is 0.136. The van der Waals surface area contributed by atoms with E-state index in [4.69, 9.17) is 0 Å². The fourth-order valence-corrected chi connectivity index (χ4v) is 5.87. The third-order valence-corrected chi connectivity index (χ3v) is 6.94. The van der Waals surface area contributed by atoms with Crippen LogP contribution in [0.2, 0.25) is 0 Å². The number of aryl methyl sites for hydroxylation is 2. The van der Waals surface area contributed by atoms with Crippen molar-refractivity contribution in [1.82, 2.24) is 19.8 Å². The first-order chi connectivity index (χ1) is 10.0. The number of sulfonamides is 1. The van der Waals surface area contributed by atoms with Crippen molar-refractivity contribution >= 4 is 10.0 Å². The molecule has 2 aliphatic heterocycles. The largest absolute Gasteiger partial charge is 0.316 e. The van der Waals surface area contributed by atoms with Crippen molar-refractivity contribution in [3.63, 3.8) is 0 Å². The van der Waals surface area contributed by atoms with Crippen LogP contribution in [0.1, 0.15) is 37.1 Å². The zero-order valence-corrected chi connectivity index (χ0v) is 13.5. The summed E-state index contributed by atoms with van der Waals surface area (Å²) in [6, 6.07) is 0.136. The third-order valence-electron chi connectivity index (χ3n) is 4.75. The van der Waals surface area contributed by atoms with Crippen molar-refractivity contribution in [3.8, 4) is 0 Å². The van der Waals surface area contributed by atoms with Gasteiger partial charge in [0.1, 0.15) is 4.90 Å². The summed E-state index contributed by atoms with van der Waals surface area (Å²) in [6.45, 7) is 6.15. The Balaban J connectivity index is 1.90. The van der Waals surface area contributed by atoms with Crippen LogP contribution in [0.4, 0.5) is 0 Å². The number of H-pyrrole nitrogens is 1. The van der Waals surface area contributed by atoms with Gasteiger partial charge >= 0.3 is 0 Å². The van der Waals surface area contributed by atoms with Gasteiger partial charge in [0.15, 0.2) is 0 Å². The molecule has 2 N–H and O–H groups in total. The minimum atomic E-state index is -3.44. The summed E-state index contributed by atoms with van der Waals surface area (Å²) in [6.07, 6.45) is 4.18. The Labute approximate surface area is 126 Å². The Morgan fingerprint density at radius 1 is 1.24 bits per heavy atom. The van der Waals surface area contributed by atoms with Gasteiger partial charge in [0, 0.05) is 12.6 Å². The standard InChI is InChI=1S/C14H24N4O2S/c1-10-14(11(2)17-16-10)21(19,20)18-8-4-6-13(18)12-5-3-7-15-9-12/h12-13,15H,3-9H2,1-2H3,(H,16,17). The van der Waals surface area contributed by atoms with E-state index in [1.54, 1.807) is 18.2 Å². The average Bonchev–Trinajstić information content (AvgIpc) is 3.07. The van der Waals surface area contributed by atoms with Gasteiger partial charge in [-0.05, 0) is 58.5 Å². The van der Waals surface area contributed by atoms with Gasteiger partial charge in [0.2, 0.25) is 10.0 Å². The minimum Gasteiger partial charge on any atom is -0.316 e. The maximum absolute atomic E-state index is 13.0. The van der Waals surface area contributed by atoms with Crippen LogP contribution in [0.3, 0.4) is 0 Å². The Hall–Kier alpha value is -0.920. The lowest BCUT2D eigenvalue weighted by Crippen LogP contribution is -2.45. The highest BCUT2D eigenvalue weighted by atomic mass is 32.2. The molecule has 1 aromatic heterocycles. The van der Waals surface area contributed by atoms with Crippen molar-refractivity contribution in [2.45, 2.75) is 50.5 Å². The van der Waals surface area contributed by atoms with Crippen LogP contribution < -0.4 is 5.32 Å². The van der Waals surface area contributed by atoms with E-state index in [0.717, 1.165) is 38.8 Å². The summed E-state index contributed by atoms with van der Waals surface area (Å²) >= 11 is 0. The van der Waals surface area contributed by atoms with E-state index < -0.39 is 10.0 Å². The number of hydrogen-bond acceptors (Lipinski definition) is 4. The third kappa shape index (κ3) is 2.62. The molecule has 2 atom stereocenters. The molecule has 118 valence electrons. The van der Waals surface area contributed by atoms with E-state index in [1.165, 1.54) is 0 Å². The fraction of sp³-hybridized carbons (Fsp3) is 0.786. The topological polar surface area (TPSA) is 78.1 Å². The monoisotopic (exact) mass is 312 g/mol. The van der Waals surface area contributed by atoms with E-state index in [2.05, 4.69) is 15.5 Å². The van der Waals surface area contributed by atoms with Gasteiger partial charge in [0.05, 0.1) is 11.4 Å². The molecule has 3 heterocycles. The lowest BCUT2D eigenvalue weighted by Gasteiger charge is -2.33. The number of hydrogen-bond donors (Lipinski definition) is 2. The van der Waals surface area contributed by atoms with E-state index in [1.807, 2.05) is 0 Å². The zero-order chi connectivity index (χ0) is 15.0. The van der Waals surface area contributed by atoms with Gasteiger partial charge in [-0.2, -0.15) is 9.40 Å². The van der Waals surface area contributed by atoms with Crippen molar-refractivity contribution < 1.29 is 8.42 Å². The predicted octanol–water partition coefficient (Wildman–Crippen LogP) is 1.18. The highest BCUT2D eigenvalue weighted by Crippen LogP contribution is 2.34. The molecule has 0 spiro atoms. The van der Waals surface area contributed by atoms with Crippen molar-refractivity contribution in [2.75, 3.05) is 19.6 Å². The molecule has 0 aliphatic carbocycles. The fourth-order valence-electron chi connectivity index (χ4n) is 3.78. The molecule has 0 radical (unpaired) electrons. The first-order valence-corrected chi connectivity index (χ1v) is 9.20. The van der Waals surface area contributed by atoms with Gasteiger partial charge < -0.3 is 5.32 Å². The molecule has 6 nitrogen and oxygen atoms in total. The second-order valence-corrected chi connectivity index (χ2v) is 8.02. The summed E-state index contributed by atoms with van der Waals surface area (Å²) in [5.41, 5.74) is 1.21. The highest BCUT2D eigenvalue weighted by molar-refractivity contribution is 7.89. The van der Waals surface area contributed by atoms with Crippen LogP contribution in [-0.4, -0.2) is 48.6 Å². The Morgan fingerprint density at radius 2 is 2.05 bits per heavy atom. The van der Waals surface area contributed by atoms with Crippen LogP contribution in [0.25, 0.3) is 0 Å². The number of aromatic nitrogens is 2. The van der Waals surface area contributed by atoms with Crippen LogP contribution in [0.5, 0.6) is 0 Å². The number of nitrogens with zero attached hydrogens (tertiary/aromatic N) is 2. The second-order valence-electron chi connectivity index (χ2n) is 6.19. The van der Waals surface area contributed by atoms with Crippen LogP contribution in [-0.2, 0) is 10.0 Å². The van der Waals surface area contributed by atoms with Crippen LogP contribution in [0, 0.1) is 19.8 Å². The van der Waals surface area contributed by atoms with E-state index in [9.17, 15) is 8.42 Å². The number of rotatable bonds is 3. The van der Waals surface area contributed by atoms with Crippen molar-refractivity contribution in [1.29, 1.82) is 0 Å². The Kier molecular flexibility index (Phi) is 4.07. The molecule has 2 unspecified atom stereocenters. The molecule has 1 aromatic rings. The molecule has 2 aliphatic rings. The van der Waals surface area contributed by atoms with E-state index in [-0.39, 0.29) is 6.04 Å². The SMILES string of the molecule is Cc1n[nH]c(C)c1S(=O)(=O)N1CCCC1C1CCCNC1. The molecular formula is C14H24N4O2S. The van der Waals surface area contributed by atoms with E-state index in [0.29, 0.717) is 28.7 Å². The summed E-state index contributed by atoms with van der Waals surface area (Å²) in [5, 5.41) is 10.2. The van der Waals surface area contributed by atoms with Gasteiger partial charge in [-0.25, -0.2) is 8.42 Å². The molecule has 0 bridgehead atoms. The Morgan fingerprint density at radius 3 is 2.67 bits per heavy atom. The lowest BCUT2D eigenvalue weighted by atomic mass is 9.91. The molecule has 0 saturated carbocycles. The maximum atomic E-state index is 13.0. The molecule has 3 rings (SSSR count). The van der Waals surface area contributed by atoms with Gasteiger partial charge in [-0.3, -0.25) is 5.10 Å². The van der Waals surface area contributed by atoms with Crippen LogP contribution >= 0.6 is 0 Å². The number of piperidine rings is 1. The second kappa shape index (κ2) is 5.70. The first-order valence-electron chi connectivity index (χ1n) is 7.76. The summed E-state index contributed by atoms with van der Waals surface area (Å²) < 4.78 is 27.8. The van der Waals surface area contributed by atoms with Crippen molar-refractivity contribution in [3.05, 3.63) is 11.4 Å². The molecule has 2 saturated heterocycles. The van der Waals surface area contributed by atoms with Crippen molar-refractivity contribution in [2.24, 2.45) is 5.92 Å². The first kappa shape index (κ1) is 15.0. The summed E-state index contributed by atoms with van der Waals surface area (Å²) in [7, 11) is -3.44. The molecule has 7 heteroatoms. The summed E-state index contributed by atoms with van der Waals surface area (Å²) in [5.74, 6) is 0.434. The van der Waals surface area contributed by atoms with Gasteiger partial charge in [-0.15, -0.1) is 0 Å². The zero-order valence-electron chi connectivity index (χ0n) is 12.7. The predicted molar refractivity (Wildman–Crippen MR) is 80.6 cm³/mol. The van der Waals surface area contributed by atoms with E-state index >= 15 is 0 Å². The normalized spacial score (nSPS) is 28.1. The molecule has 21 heavy (non-hydrogen) atoms. The smallest absolute Gasteiger partial charge is 0.246 e. The average molecular weight is 312 g/mol. The van der Waals surface area contributed by atoms with Gasteiger partial charge in [0.25, 0.3) is 0 Å². The maximum Gasteiger partial charge on any atom is 0.246 e.